The van der Waals surface area contributed by atoms with Gasteiger partial charge >= 0.3 is 5.97 Å². The van der Waals surface area contributed by atoms with Crippen LogP contribution < -0.4 is 0 Å². The lowest BCUT2D eigenvalue weighted by atomic mass is 9.98. The van der Waals surface area contributed by atoms with Gasteiger partial charge in [-0.05, 0) is 35.8 Å². The van der Waals surface area contributed by atoms with E-state index in [9.17, 15) is 4.79 Å². The lowest BCUT2D eigenvalue weighted by molar-refractivity contribution is -0.151. The van der Waals surface area contributed by atoms with Crippen LogP contribution in [0.2, 0.25) is 0 Å². The van der Waals surface area contributed by atoms with Crippen LogP contribution in [0.1, 0.15) is 38.7 Å². The zero-order valence-corrected chi connectivity index (χ0v) is 15.1. The molecule has 1 aromatic carbocycles. The molecule has 1 saturated carbocycles. The third-order valence-corrected chi connectivity index (χ3v) is 6.95. The van der Waals surface area contributed by atoms with Crippen molar-refractivity contribution in [2.45, 2.75) is 44.3 Å². The van der Waals surface area contributed by atoms with E-state index in [-0.39, 0.29) is 11.9 Å². The molecule has 0 N–H and O–H groups in total. The van der Waals surface area contributed by atoms with E-state index >= 15 is 0 Å². The zero-order valence-electron chi connectivity index (χ0n) is 13.5. The fourth-order valence-corrected chi connectivity index (χ4v) is 6.07. The summed E-state index contributed by atoms with van der Waals surface area (Å²) in [5.74, 6) is 2.79. The molecular weight excluding hydrogens is 312 g/mol. The van der Waals surface area contributed by atoms with Crippen LogP contribution in [0.15, 0.2) is 30.3 Å². The fraction of sp³-hybridized carbons (Fsp3) is 0.611. The Hall–Kier alpha value is -0.610. The highest BCUT2D eigenvalue weighted by atomic mass is 32.2. The van der Waals surface area contributed by atoms with Crippen LogP contribution in [0.5, 0.6) is 0 Å². The van der Waals surface area contributed by atoms with Crippen LogP contribution >= 0.6 is 23.5 Å². The van der Waals surface area contributed by atoms with Crippen LogP contribution in [0, 0.1) is 11.8 Å². The number of ether oxygens (including phenoxy) is 1. The standard InChI is InChI=1S/C18H26O2S2/c1-3-21-18(22-4-2)16-12-8-11-15(16)17(19)20-13-14-9-6-5-7-10-14/h5-7,9-10,15-16,18H,3-4,8,11-13H2,1-2H3/t15?,16-/m0/s1. The predicted molar refractivity (Wildman–Crippen MR) is 97.1 cm³/mol. The molecule has 1 unspecified atom stereocenters. The van der Waals surface area contributed by atoms with E-state index in [1.807, 2.05) is 53.9 Å². The molecule has 22 heavy (non-hydrogen) atoms. The number of hydrogen-bond acceptors (Lipinski definition) is 4. The monoisotopic (exact) mass is 338 g/mol. The molecule has 0 aliphatic heterocycles. The first-order valence-electron chi connectivity index (χ1n) is 8.20. The van der Waals surface area contributed by atoms with Gasteiger partial charge < -0.3 is 4.74 Å². The maximum Gasteiger partial charge on any atom is 0.309 e. The van der Waals surface area contributed by atoms with Crippen LogP contribution in [0.3, 0.4) is 0 Å². The van der Waals surface area contributed by atoms with E-state index in [0.717, 1.165) is 36.3 Å². The zero-order chi connectivity index (χ0) is 15.8. The average molecular weight is 339 g/mol. The molecule has 0 saturated heterocycles. The fourth-order valence-electron chi connectivity index (χ4n) is 3.07. The minimum absolute atomic E-state index is 0.00441. The summed E-state index contributed by atoms with van der Waals surface area (Å²) < 4.78 is 6.13. The number of thioether (sulfide) groups is 2. The molecule has 1 aliphatic carbocycles. The summed E-state index contributed by atoms with van der Waals surface area (Å²) in [6.07, 6.45) is 3.31. The highest BCUT2D eigenvalue weighted by Gasteiger charge is 2.39. The van der Waals surface area contributed by atoms with Crippen molar-refractivity contribution in [2.75, 3.05) is 11.5 Å². The van der Waals surface area contributed by atoms with Crippen molar-refractivity contribution in [1.29, 1.82) is 0 Å². The molecule has 0 heterocycles. The first-order valence-corrected chi connectivity index (χ1v) is 10.3. The summed E-state index contributed by atoms with van der Waals surface area (Å²) >= 11 is 3.98. The Morgan fingerprint density at radius 2 is 1.86 bits per heavy atom. The van der Waals surface area contributed by atoms with Gasteiger partial charge in [0.15, 0.2) is 0 Å². The van der Waals surface area contributed by atoms with Gasteiger partial charge in [-0.2, -0.15) is 0 Å². The van der Waals surface area contributed by atoms with Gasteiger partial charge in [0.25, 0.3) is 0 Å². The van der Waals surface area contributed by atoms with Gasteiger partial charge in [0.1, 0.15) is 6.61 Å². The Morgan fingerprint density at radius 1 is 1.18 bits per heavy atom. The van der Waals surface area contributed by atoms with Crippen LogP contribution in [0.25, 0.3) is 0 Å². The highest BCUT2D eigenvalue weighted by Crippen LogP contribution is 2.44. The summed E-state index contributed by atoms with van der Waals surface area (Å²) in [7, 11) is 0. The third-order valence-electron chi connectivity index (χ3n) is 4.11. The van der Waals surface area contributed by atoms with Gasteiger partial charge in [0.05, 0.1) is 10.5 Å². The normalized spacial score (nSPS) is 21.2. The Morgan fingerprint density at radius 3 is 2.50 bits per heavy atom. The van der Waals surface area contributed by atoms with Crippen molar-refractivity contribution in [3.8, 4) is 0 Å². The van der Waals surface area contributed by atoms with Crippen molar-refractivity contribution >= 4 is 29.5 Å². The van der Waals surface area contributed by atoms with Crippen molar-refractivity contribution in [2.24, 2.45) is 11.8 Å². The molecule has 1 aromatic rings. The van der Waals surface area contributed by atoms with Crippen molar-refractivity contribution < 1.29 is 9.53 Å². The summed E-state index contributed by atoms with van der Waals surface area (Å²) in [6.45, 7) is 4.80. The molecule has 0 spiro atoms. The van der Waals surface area contributed by atoms with Gasteiger partial charge in [-0.15, -0.1) is 23.5 Å². The van der Waals surface area contributed by atoms with Crippen LogP contribution in [-0.4, -0.2) is 22.1 Å². The van der Waals surface area contributed by atoms with Gasteiger partial charge in [-0.3, -0.25) is 4.79 Å². The predicted octanol–water partition coefficient (Wildman–Crippen LogP) is 4.98. The SMILES string of the molecule is CCSC(SCC)[C@H]1CCCC1C(=O)OCc1ccccc1. The van der Waals surface area contributed by atoms with Gasteiger partial charge in [-0.1, -0.05) is 50.6 Å². The maximum absolute atomic E-state index is 12.5. The second-order valence-corrected chi connectivity index (χ2v) is 8.71. The quantitative estimate of drug-likeness (QED) is 0.493. The Labute approximate surface area is 142 Å². The van der Waals surface area contributed by atoms with Crippen LogP contribution in [0.4, 0.5) is 0 Å². The van der Waals surface area contributed by atoms with Crippen LogP contribution in [-0.2, 0) is 16.1 Å². The minimum atomic E-state index is 0.00441. The molecule has 0 bridgehead atoms. The molecule has 0 radical (unpaired) electrons. The maximum atomic E-state index is 12.5. The van der Waals surface area contributed by atoms with Gasteiger partial charge in [0.2, 0.25) is 0 Å². The molecule has 2 atom stereocenters. The van der Waals surface area contributed by atoms with E-state index < -0.39 is 0 Å². The van der Waals surface area contributed by atoms with E-state index in [0.29, 0.717) is 17.1 Å². The summed E-state index contributed by atoms with van der Waals surface area (Å²) in [5, 5.41) is 0. The van der Waals surface area contributed by atoms with Gasteiger partial charge in [0, 0.05) is 0 Å². The molecule has 1 aliphatic rings. The van der Waals surface area contributed by atoms with E-state index in [1.165, 1.54) is 0 Å². The van der Waals surface area contributed by atoms with Crippen molar-refractivity contribution in [3.63, 3.8) is 0 Å². The second kappa shape index (κ2) is 9.51. The minimum Gasteiger partial charge on any atom is -0.461 e. The largest absolute Gasteiger partial charge is 0.461 e. The lowest BCUT2D eigenvalue weighted by Gasteiger charge is -2.26. The molecule has 4 heteroatoms. The Bertz CT molecular complexity index is 444. The average Bonchev–Trinajstić information content (AvgIpc) is 3.03. The smallest absolute Gasteiger partial charge is 0.309 e. The van der Waals surface area contributed by atoms with E-state index in [1.54, 1.807) is 0 Å². The summed E-state index contributed by atoms with van der Waals surface area (Å²) in [6, 6.07) is 9.94. The van der Waals surface area contributed by atoms with Crippen molar-refractivity contribution in [3.05, 3.63) is 35.9 Å². The molecule has 1 fully saturated rings. The topological polar surface area (TPSA) is 26.3 Å². The lowest BCUT2D eigenvalue weighted by Crippen LogP contribution is -2.27. The van der Waals surface area contributed by atoms with E-state index in [2.05, 4.69) is 13.8 Å². The molecule has 2 nitrogen and oxygen atoms in total. The molecule has 0 aromatic heterocycles. The third kappa shape index (κ3) is 4.95. The Kier molecular flexibility index (Phi) is 7.67. The second-order valence-electron chi connectivity index (χ2n) is 5.57. The highest BCUT2D eigenvalue weighted by molar-refractivity contribution is 8.17. The summed E-state index contributed by atoms with van der Waals surface area (Å²) in [4.78, 5) is 12.5. The van der Waals surface area contributed by atoms with Gasteiger partial charge in [-0.25, -0.2) is 0 Å². The summed E-state index contributed by atoms with van der Waals surface area (Å²) in [5.41, 5.74) is 1.06. The molecule has 0 amide bonds. The number of carbonyl (C=O) groups excluding carboxylic acids is 1. The molecule has 122 valence electrons. The van der Waals surface area contributed by atoms with Crippen molar-refractivity contribution in [1.82, 2.24) is 0 Å². The molecular formula is C18H26O2S2. The number of carbonyl (C=O) groups is 1. The first-order chi connectivity index (χ1) is 10.8. The number of benzene rings is 1. The first kappa shape index (κ1) is 17.7. The van der Waals surface area contributed by atoms with E-state index in [4.69, 9.17) is 4.74 Å². The molecule has 2 rings (SSSR count). The Balaban J connectivity index is 1.92. The number of esters is 1. The number of hydrogen-bond donors (Lipinski definition) is 0. The number of rotatable bonds is 8.